The van der Waals surface area contributed by atoms with Crippen LogP contribution in [0.4, 0.5) is 0 Å². The van der Waals surface area contributed by atoms with Crippen LogP contribution < -0.4 is 0 Å². The number of hydrogen-bond donors (Lipinski definition) is 0. The predicted octanol–water partition coefficient (Wildman–Crippen LogP) is 5.67. The van der Waals surface area contributed by atoms with Gasteiger partial charge in [0.25, 0.3) is 0 Å². The van der Waals surface area contributed by atoms with Crippen LogP contribution in [0.3, 0.4) is 0 Å². The standard InChI is InChI=1S/C20H32/c1-2-8-14-13(7-1)19-15-9-3-5-11-17(15)20(14)18-12-6-4-10-16(18)19/h13-20H,1-12H2. The summed E-state index contributed by atoms with van der Waals surface area (Å²) in [6.45, 7) is 0. The lowest BCUT2D eigenvalue weighted by Gasteiger charge is -2.67. The first-order valence-electron chi connectivity index (χ1n) is 9.95. The zero-order valence-electron chi connectivity index (χ0n) is 13.1. The van der Waals surface area contributed by atoms with E-state index in [-0.39, 0.29) is 0 Å². The second-order valence-corrected chi connectivity index (χ2v) is 8.99. The van der Waals surface area contributed by atoms with E-state index < -0.39 is 0 Å². The van der Waals surface area contributed by atoms with Crippen molar-refractivity contribution < 1.29 is 0 Å². The lowest BCUT2D eigenvalue weighted by molar-refractivity contribution is -0.186. The van der Waals surface area contributed by atoms with E-state index in [2.05, 4.69) is 0 Å². The van der Waals surface area contributed by atoms with Crippen molar-refractivity contribution in [1.82, 2.24) is 0 Å². The summed E-state index contributed by atoms with van der Waals surface area (Å²) in [7, 11) is 0. The average molecular weight is 272 g/mol. The van der Waals surface area contributed by atoms with Crippen molar-refractivity contribution in [3.8, 4) is 0 Å². The molecule has 0 nitrogen and oxygen atoms in total. The zero-order chi connectivity index (χ0) is 13.1. The molecule has 6 atom stereocenters. The molecule has 0 heteroatoms. The molecule has 6 aliphatic rings. The first-order valence-corrected chi connectivity index (χ1v) is 9.95. The summed E-state index contributed by atoms with van der Waals surface area (Å²) in [5.41, 5.74) is 0. The van der Waals surface area contributed by atoms with Crippen LogP contribution >= 0.6 is 0 Å². The SMILES string of the molecule is C1CCC2C(C1)C1C3CCCCC3C2C2CCCCC21. The van der Waals surface area contributed by atoms with Crippen molar-refractivity contribution in [2.45, 2.75) is 77.0 Å². The predicted molar refractivity (Wildman–Crippen MR) is 83.3 cm³/mol. The fourth-order valence-electron chi connectivity index (χ4n) is 8.34. The van der Waals surface area contributed by atoms with E-state index in [9.17, 15) is 0 Å². The normalized spacial score (nSPS) is 57.6. The molecule has 0 N–H and O–H groups in total. The topological polar surface area (TPSA) is 0 Å². The molecule has 6 saturated carbocycles. The number of hydrogen-bond acceptors (Lipinski definition) is 0. The van der Waals surface area contributed by atoms with Crippen molar-refractivity contribution in [2.24, 2.45) is 47.3 Å². The molecule has 0 aromatic heterocycles. The van der Waals surface area contributed by atoms with Crippen LogP contribution in [0.5, 0.6) is 0 Å². The minimum Gasteiger partial charge on any atom is -0.0530 e. The van der Waals surface area contributed by atoms with Gasteiger partial charge in [0.05, 0.1) is 0 Å². The second kappa shape index (κ2) is 4.75. The molecule has 0 aliphatic heterocycles. The third-order valence-corrected chi connectivity index (χ3v) is 8.59. The van der Waals surface area contributed by atoms with Crippen LogP contribution in [0.15, 0.2) is 0 Å². The molecule has 20 heavy (non-hydrogen) atoms. The Hall–Kier alpha value is 0. The Morgan fingerprint density at radius 2 is 0.500 bits per heavy atom. The highest BCUT2D eigenvalue weighted by Gasteiger charge is 2.61. The van der Waals surface area contributed by atoms with Crippen molar-refractivity contribution in [3.05, 3.63) is 0 Å². The summed E-state index contributed by atoms with van der Waals surface area (Å²) in [6, 6.07) is 0. The van der Waals surface area contributed by atoms with Gasteiger partial charge >= 0.3 is 0 Å². The maximum absolute atomic E-state index is 1.62. The molecule has 6 unspecified atom stereocenters. The highest BCUT2D eigenvalue weighted by atomic mass is 14.7. The van der Waals surface area contributed by atoms with E-state index in [1.807, 2.05) is 0 Å². The maximum Gasteiger partial charge on any atom is -0.0321 e. The van der Waals surface area contributed by atoms with Crippen molar-refractivity contribution in [3.63, 3.8) is 0 Å². The molecule has 0 saturated heterocycles. The molecule has 6 fully saturated rings. The van der Waals surface area contributed by atoms with Crippen molar-refractivity contribution in [2.75, 3.05) is 0 Å². The van der Waals surface area contributed by atoms with E-state index in [1.165, 1.54) is 47.3 Å². The smallest absolute Gasteiger partial charge is 0.0321 e. The van der Waals surface area contributed by atoms with Gasteiger partial charge in [-0.25, -0.2) is 0 Å². The Morgan fingerprint density at radius 1 is 0.300 bits per heavy atom. The third-order valence-electron chi connectivity index (χ3n) is 8.59. The van der Waals surface area contributed by atoms with Crippen LogP contribution in [0.25, 0.3) is 0 Å². The van der Waals surface area contributed by atoms with Crippen LogP contribution in [-0.2, 0) is 0 Å². The number of rotatable bonds is 0. The van der Waals surface area contributed by atoms with Gasteiger partial charge in [-0.15, -0.1) is 0 Å². The summed E-state index contributed by atoms with van der Waals surface area (Å²) in [4.78, 5) is 0. The molecule has 0 radical (unpaired) electrons. The zero-order valence-corrected chi connectivity index (χ0v) is 13.1. The summed E-state index contributed by atoms with van der Waals surface area (Å²) < 4.78 is 0. The van der Waals surface area contributed by atoms with Crippen LogP contribution in [0.1, 0.15) is 77.0 Å². The van der Waals surface area contributed by atoms with Gasteiger partial charge in [0, 0.05) is 0 Å². The van der Waals surface area contributed by atoms with Crippen molar-refractivity contribution in [1.29, 1.82) is 0 Å². The van der Waals surface area contributed by atoms with E-state index in [0.29, 0.717) is 0 Å². The van der Waals surface area contributed by atoms with Gasteiger partial charge in [0.15, 0.2) is 0 Å². The quantitative estimate of drug-likeness (QED) is 0.533. The molecule has 6 rings (SSSR count). The van der Waals surface area contributed by atoms with Gasteiger partial charge in [0.2, 0.25) is 0 Å². The molecule has 0 spiro atoms. The molecule has 112 valence electrons. The van der Waals surface area contributed by atoms with Gasteiger partial charge < -0.3 is 0 Å². The van der Waals surface area contributed by atoms with Gasteiger partial charge in [-0.2, -0.15) is 0 Å². The molecule has 0 heterocycles. The van der Waals surface area contributed by atoms with E-state index in [4.69, 9.17) is 0 Å². The summed E-state index contributed by atoms with van der Waals surface area (Å²) in [5, 5.41) is 0. The summed E-state index contributed by atoms with van der Waals surface area (Å²) in [6.07, 6.45) is 19.2. The molecular weight excluding hydrogens is 240 g/mol. The first-order chi connectivity index (χ1) is 9.95. The van der Waals surface area contributed by atoms with Gasteiger partial charge in [0.1, 0.15) is 0 Å². The van der Waals surface area contributed by atoms with Crippen molar-refractivity contribution >= 4 is 0 Å². The Bertz CT molecular complexity index is 279. The molecule has 0 amide bonds. The third kappa shape index (κ3) is 1.60. The lowest BCUT2D eigenvalue weighted by atomic mass is 9.38. The van der Waals surface area contributed by atoms with E-state index >= 15 is 0 Å². The van der Waals surface area contributed by atoms with E-state index in [0.717, 1.165) is 0 Å². The first kappa shape index (κ1) is 12.5. The van der Waals surface area contributed by atoms with Gasteiger partial charge in [-0.1, -0.05) is 38.5 Å². The minimum absolute atomic E-state index is 1.19. The minimum atomic E-state index is 1.19. The van der Waals surface area contributed by atoms with Gasteiger partial charge in [-0.05, 0) is 85.9 Å². The Morgan fingerprint density at radius 3 is 0.700 bits per heavy atom. The molecule has 2 bridgehead atoms. The fourth-order valence-corrected chi connectivity index (χ4v) is 8.34. The summed E-state index contributed by atoms with van der Waals surface area (Å²) in [5.74, 6) is 9.52. The fraction of sp³-hybridized carbons (Fsp3) is 1.00. The molecule has 0 aromatic carbocycles. The van der Waals surface area contributed by atoms with Gasteiger partial charge in [-0.3, -0.25) is 0 Å². The highest BCUT2D eigenvalue weighted by molar-refractivity contribution is 5.09. The largest absolute Gasteiger partial charge is 0.0530 e. The molecule has 6 aliphatic carbocycles. The molecular formula is C20H32. The van der Waals surface area contributed by atoms with Crippen LogP contribution in [-0.4, -0.2) is 0 Å². The Balaban J connectivity index is 1.56. The Labute approximate surface area is 125 Å². The maximum atomic E-state index is 1.62. The lowest BCUT2D eigenvalue weighted by Crippen LogP contribution is -2.61. The van der Waals surface area contributed by atoms with Crippen LogP contribution in [0, 0.1) is 47.3 Å². The summed E-state index contributed by atoms with van der Waals surface area (Å²) >= 11 is 0. The average Bonchev–Trinajstić information content (AvgIpc) is 2.54. The Kier molecular flexibility index (Phi) is 2.98. The van der Waals surface area contributed by atoms with Crippen LogP contribution in [0.2, 0.25) is 0 Å². The monoisotopic (exact) mass is 272 g/mol. The highest BCUT2D eigenvalue weighted by Crippen LogP contribution is 2.68. The second-order valence-electron chi connectivity index (χ2n) is 8.99. The molecule has 0 aromatic rings. The van der Waals surface area contributed by atoms with E-state index in [1.54, 1.807) is 77.0 Å².